The van der Waals surface area contributed by atoms with Crippen molar-refractivity contribution in [3.63, 3.8) is 0 Å². The van der Waals surface area contributed by atoms with Crippen LogP contribution in [0.15, 0.2) is 34.7 Å². The number of carbonyl (C=O) groups is 4. The molecule has 29 heavy (non-hydrogen) atoms. The molecule has 0 aliphatic heterocycles. The average molecular weight is 424 g/mol. The Labute approximate surface area is 170 Å². The van der Waals surface area contributed by atoms with Gasteiger partial charge in [0, 0.05) is 11.1 Å². The van der Waals surface area contributed by atoms with Crippen molar-refractivity contribution in [3.05, 3.63) is 58.5 Å². The molecule has 10 heteroatoms. The topological polar surface area (TPSA) is 157 Å². The normalized spacial score (nSPS) is 12.7. The van der Waals surface area contributed by atoms with E-state index in [2.05, 4.69) is 0 Å². The van der Waals surface area contributed by atoms with E-state index < -0.39 is 55.1 Å². The zero-order valence-corrected chi connectivity index (χ0v) is 15.9. The highest BCUT2D eigenvalue weighted by molar-refractivity contribution is 6.28. The number of carbonyl (C=O) groups excluding carboxylic acids is 4. The summed E-state index contributed by atoms with van der Waals surface area (Å²) in [5.41, 5.74) is 4.40. The molecule has 0 unspecified atom stereocenters. The van der Waals surface area contributed by atoms with Crippen LogP contribution in [0.4, 0.5) is 0 Å². The third-order valence-electron chi connectivity index (χ3n) is 4.33. The van der Waals surface area contributed by atoms with Gasteiger partial charge in [-0.1, -0.05) is 24.3 Å². The molecule has 2 aromatic rings. The van der Waals surface area contributed by atoms with Gasteiger partial charge in [0.15, 0.2) is 17.3 Å². The largest absolute Gasteiger partial charge is 0.463 e. The standard InChI is InChI=1S/C19H17NO8.ClH/c20-19(7-21,8-22)9-27-15(24)6-13(23)14-5-12-16(25)10-3-1-2-4-11(10)17(26)18(12)28-14;/h1-5,21-22H,6-9,20H2;1H. The zero-order chi connectivity index (χ0) is 20.5. The predicted octanol–water partition coefficient (Wildman–Crippen LogP) is 0.275. The Hall–Kier alpha value is -2.85. The van der Waals surface area contributed by atoms with Crippen molar-refractivity contribution in [2.75, 3.05) is 19.8 Å². The van der Waals surface area contributed by atoms with Crippen LogP contribution in [0.5, 0.6) is 0 Å². The van der Waals surface area contributed by atoms with Crippen LogP contribution in [-0.2, 0) is 9.53 Å². The monoisotopic (exact) mass is 423 g/mol. The molecule has 0 saturated carbocycles. The smallest absolute Gasteiger partial charge is 0.313 e. The number of aliphatic hydroxyl groups excluding tert-OH is 2. The molecule has 3 rings (SSSR count). The molecule has 0 radical (unpaired) electrons. The number of Topliss-reactive ketones (excluding diaryl/α,β-unsaturated/α-hetero) is 1. The molecule has 0 fully saturated rings. The first kappa shape index (κ1) is 22.4. The summed E-state index contributed by atoms with van der Waals surface area (Å²) in [5, 5.41) is 18.1. The van der Waals surface area contributed by atoms with Crippen LogP contribution < -0.4 is 5.73 Å². The fraction of sp³-hybridized carbons (Fsp3) is 0.263. The Morgan fingerprint density at radius 1 is 1.03 bits per heavy atom. The molecular formula is C19H18ClNO8. The van der Waals surface area contributed by atoms with Crippen molar-refractivity contribution in [1.82, 2.24) is 0 Å². The highest BCUT2D eigenvalue weighted by atomic mass is 35.5. The summed E-state index contributed by atoms with van der Waals surface area (Å²) < 4.78 is 10.1. The second-order valence-electron chi connectivity index (χ2n) is 6.50. The lowest BCUT2D eigenvalue weighted by molar-refractivity contribution is -0.145. The van der Waals surface area contributed by atoms with E-state index in [1.54, 1.807) is 12.1 Å². The summed E-state index contributed by atoms with van der Waals surface area (Å²) in [6.07, 6.45) is -0.728. The zero-order valence-electron chi connectivity index (χ0n) is 15.0. The third-order valence-corrected chi connectivity index (χ3v) is 4.33. The highest BCUT2D eigenvalue weighted by Crippen LogP contribution is 2.30. The van der Waals surface area contributed by atoms with Crippen molar-refractivity contribution in [2.24, 2.45) is 5.73 Å². The molecule has 9 nitrogen and oxygen atoms in total. The third kappa shape index (κ3) is 4.28. The number of fused-ring (bicyclic) bond motifs is 2. The number of hydrogen-bond donors (Lipinski definition) is 3. The molecule has 1 aliphatic rings. The Morgan fingerprint density at radius 3 is 2.21 bits per heavy atom. The van der Waals surface area contributed by atoms with E-state index in [9.17, 15) is 19.2 Å². The maximum Gasteiger partial charge on any atom is 0.313 e. The summed E-state index contributed by atoms with van der Waals surface area (Å²) in [4.78, 5) is 49.1. The first-order valence-corrected chi connectivity index (χ1v) is 8.31. The van der Waals surface area contributed by atoms with Crippen molar-refractivity contribution in [1.29, 1.82) is 0 Å². The summed E-state index contributed by atoms with van der Waals surface area (Å²) in [7, 11) is 0. The summed E-state index contributed by atoms with van der Waals surface area (Å²) in [5.74, 6) is -3.29. The second kappa shape index (κ2) is 8.66. The molecule has 0 saturated heterocycles. The fourth-order valence-corrected chi connectivity index (χ4v) is 2.65. The number of ether oxygens (including phenoxy) is 1. The number of furan rings is 1. The van der Waals surface area contributed by atoms with Gasteiger partial charge < -0.3 is 25.1 Å². The summed E-state index contributed by atoms with van der Waals surface area (Å²) >= 11 is 0. The Balaban J connectivity index is 0.00000300. The van der Waals surface area contributed by atoms with Crippen molar-refractivity contribution < 1.29 is 38.5 Å². The van der Waals surface area contributed by atoms with Crippen LogP contribution in [0.1, 0.15) is 49.0 Å². The first-order chi connectivity index (χ1) is 13.3. The van der Waals surface area contributed by atoms with Gasteiger partial charge in [0.25, 0.3) is 0 Å². The van der Waals surface area contributed by atoms with Gasteiger partial charge in [-0.2, -0.15) is 0 Å². The number of halogens is 1. The van der Waals surface area contributed by atoms with Crippen LogP contribution >= 0.6 is 12.4 Å². The maximum absolute atomic E-state index is 12.5. The molecule has 1 heterocycles. The molecule has 4 N–H and O–H groups in total. The summed E-state index contributed by atoms with van der Waals surface area (Å²) in [6, 6.07) is 7.35. The highest BCUT2D eigenvalue weighted by Gasteiger charge is 2.35. The van der Waals surface area contributed by atoms with E-state index in [-0.39, 0.29) is 40.6 Å². The van der Waals surface area contributed by atoms with Crippen molar-refractivity contribution >= 4 is 35.7 Å². The maximum atomic E-state index is 12.5. The van der Waals surface area contributed by atoms with Gasteiger partial charge in [0.05, 0.1) is 24.3 Å². The van der Waals surface area contributed by atoms with Crippen LogP contribution in [-0.4, -0.2) is 58.9 Å². The minimum Gasteiger partial charge on any atom is -0.463 e. The van der Waals surface area contributed by atoms with Crippen molar-refractivity contribution in [2.45, 2.75) is 12.0 Å². The van der Waals surface area contributed by atoms with Crippen LogP contribution in [0.3, 0.4) is 0 Å². The number of esters is 1. The number of benzene rings is 1. The number of rotatable bonds is 7. The Kier molecular flexibility index (Phi) is 6.70. The van der Waals surface area contributed by atoms with Crippen LogP contribution in [0.25, 0.3) is 0 Å². The number of aliphatic hydroxyl groups is 2. The lowest BCUT2D eigenvalue weighted by Crippen LogP contribution is -2.51. The van der Waals surface area contributed by atoms with Gasteiger partial charge in [0.1, 0.15) is 13.0 Å². The Bertz CT molecular complexity index is 924. The SMILES string of the molecule is Cl.NC(CO)(CO)COC(=O)CC(=O)c1cc2c(o1)C(=O)c1ccccc1C2=O. The van der Waals surface area contributed by atoms with E-state index >= 15 is 0 Å². The van der Waals surface area contributed by atoms with Gasteiger partial charge in [-0.25, -0.2) is 0 Å². The van der Waals surface area contributed by atoms with Crippen LogP contribution in [0, 0.1) is 0 Å². The van der Waals surface area contributed by atoms with Gasteiger partial charge in [-0.05, 0) is 6.07 Å². The lowest BCUT2D eigenvalue weighted by atomic mass is 9.88. The first-order valence-electron chi connectivity index (χ1n) is 8.31. The predicted molar refractivity (Wildman–Crippen MR) is 100 cm³/mol. The van der Waals surface area contributed by atoms with E-state index in [1.165, 1.54) is 12.1 Å². The molecule has 0 amide bonds. The molecule has 0 bridgehead atoms. The second-order valence-corrected chi connectivity index (χ2v) is 6.50. The minimum absolute atomic E-state index is 0. The molecule has 1 aromatic carbocycles. The fourth-order valence-electron chi connectivity index (χ4n) is 2.65. The lowest BCUT2D eigenvalue weighted by Gasteiger charge is -2.23. The molecular weight excluding hydrogens is 406 g/mol. The molecule has 0 spiro atoms. The molecule has 0 atom stereocenters. The average Bonchev–Trinajstić information content (AvgIpc) is 3.16. The molecule has 1 aliphatic carbocycles. The molecule has 154 valence electrons. The van der Waals surface area contributed by atoms with Gasteiger partial charge >= 0.3 is 5.97 Å². The number of ketones is 3. The van der Waals surface area contributed by atoms with E-state index in [1.807, 2.05) is 0 Å². The Morgan fingerprint density at radius 2 is 1.62 bits per heavy atom. The van der Waals surface area contributed by atoms with Crippen LogP contribution in [0.2, 0.25) is 0 Å². The minimum atomic E-state index is -1.52. The van der Waals surface area contributed by atoms with Gasteiger partial charge in [-0.3, -0.25) is 19.2 Å². The number of hydrogen-bond acceptors (Lipinski definition) is 9. The number of nitrogens with two attached hydrogens (primary N) is 1. The van der Waals surface area contributed by atoms with Crippen molar-refractivity contribution in [3.8, 4) is 0 Å². The van der Waals surface area contributed by atoms with E-state index in [0.29, 0.717) is 0 Å². The van der Waals surface area contributed by atoms with Gasteiger partial charge in [0.2, 0.25) is 11.6 Å². The quantitative estimate of drug-likeness (QED) is 0.275. The summed E-state index contributed by atoms with van der Waals surface area (Å²) in [6.45, 7) is -1.74. The van der Waals surface area contributed by atoms with E-state index in [0.717, 1.165) is 6.07 Å². The molecule has 1 aromatic heterocycles. The van der Waals surface area contributed by atoms with E-state index in [4.69, 9.17) is 25.1 Å². The van der Waals surface area contributed by atoms with Gasteiger partial charge in [-0.15, -0.1) is 12.4 Å².